The molecule has 1 aromatic rings. The van der Waals surface area contributed by atoms with E-state index in [2.05, 4.69) is 20.9 Å². The van der Waals surface area contributed by atoms with Crippen LogP contribution in [0.1, 0.15) is 45.1 Å². The highest BCUT2D eigenvalue weighted by Gasteiger charge is 2.24. The van der Waals surface area contributed by atoms with Crippen molar-refractivity contribution in [3.8, 4) is 0 Å². The molecule has 4 N–H and O–H groups in total. The van der Waals surface area contributed by atoms with Crippen molar-refractivity contribution in [3.63, 3.8) is 0 Å². The Bertz CT molecular complexity index is 560. The Morgan fingerprint density at radius 1 is 1.35 bits per heavy atom. The van der Waals surface area contributed by atoms with Crippen LogP contribution < -0.4 is 16.0 Å². The average Bonchev–Trinajstić information content (AvgIpc) is 3.05. The van der Waals surface area contributed by atoms with Gasteiger partial charge in [-0.2, -0.15) is 11.3 Å². The average molecular weight is 494 g/mol. The minimum absolute atomic E-state index is 0. The van der Waals surface area contributed by atoms with Crippen molar-refractivity contribution >= 4 is 47.2 Å². The molecule has 1 fully saturated rings. The molecule has 1 aliphatic rings. The Balaban J connectivity index is 0.00000338. The van der Waals surface area contributed by atoms with Gasteiger partial charge in [0.2, 0.25) is 5.91 Å². The first-order valence-electron chi connectivity index (χ1n) is 9.08. The summed E-state index contributed by atoms with van der Waals surface area (Å²) in [5.41, 5.74) is -0.0881. The lowest BCUT2D eigenvalue weighted by atomic mass is 9.85. The number of amides is 1. The highest BCUT2D eigenvalue weighted by atomic mass is 127. The zero-order valence-corrected chi connectivity index (χ0v) is 18.7. The fraction of sp³-hybridized carbons (Fsp3) is 0.667. The number of hydrogen-bond acceptors (Lipinski definition) is 4. The molecular formula is C18H31IN4O2S. The van der Waals surface area contributed by atoms with Gasteiger partial charge >= 0.3 is 0 Å². The van der Waals surface area contributed by atoms with E-state index < -0.39 is 5.60 Å². The summed E-state index contributed by atoms with van der Waals surface area (Å²) in [6, 6.07) is 1.92. The molecule has 1 aromatic heterocycles. The molecule has 26 heavy (non-hydrogen) atoms. The smallest absolute Gasteiger partial charge is 0.223 e. The molecule has 1 aliphatic carbocycles. The third kappa shape index (κ3) is 7.40. The highest BCUT2D eigenvalue weighted by Crippen LogP contribution is 2.26. The van der Waals surface area contributed by atoms with Crippen LogP contribution in [0.5, 0.6) is 0 Å². The fourth-order valence-electron chi connectivity index (χ4n) is 2.56. The van der Waals surface area contributed by atoms with E-state index in [9.17, 15) is 9.90 Å². The van der Waals surface area contributed by atoms with Crippen LogP contribution in [0.15, 0.2) is 21.8 Å². The van der Waals surface area contributed by atoms with Crippen molar-refractivity contribution in [3.05, 3.63) is 22.4 Å². The van der Waals surface area contributed by atoms with Crippen LogP contribution in [0.3, 0.4) is 0 Å². The van der Waals surface area contributed by atoms with Gasteiger partial charge in [0.25, 0.3) is 0 Å². The Kier molecular flexibility index (Phi) is 10.5. The summed E-state index contributed by atoms with van der Waals surface area (Å²) < 4.78 is 0. The molecule has 148 valence electrons. The van der Waals surface area contributed by atoms with Gasteiger partial charge in [-0.05, 0) is 55.5 Å². The van der Waals surface area contributed by atoms with Gasteiger partial charge in [-0.15, -0.1) is 24.0 Å². The SMILES string of the molecule is CCNC(=NCC(C)(O)c1ccsc1)NCCCNC(=O)C1CCC1.I. The summed E-state index contributed by atoms with van der Waals surface area (Å²) in [7, 11) is 0. The Hall–Kier alpha value is -0.870. The number of aliphatic imine (C=N–C) groups is 1. The van der Waals surface area contributed by atoms with E-state index >= 15 is 0 Å². The van der Waals surface area contributed by atoms with Crippen LogP contribution in [-0.4, -0.2) is 43.2 Å². The molecule has 1 amide bonds. The summed E-state index contributed by atoms with van der Waals surface area (Å²) in [6.45, 7) is 6.22. The van der Waals surface area contributed by atoms with E-state index in [-0.39, 0.29) is 42.3 Å². The number of guanidine groups is 1. The number of nitrogens with zero attached hydrogens (tertiary/aromatic N) is 1. The number of carbonyl (C=O) groups excluding carboxylic acids is 1. The number of nitrogens with one attached hydrogen (secondary N) is 3. The van der Waals surface area contributed by atoms with Gasteiger partial charge in [0.1, 0.15) is 5.60 Å². The van der Waals surface area contributed by atoms with Crippen molar-refractivity contribution in [2.45, 2.75) is 45.1 Å². The Morgan fingerprint density at radius 3 is 2.65 bits per heavy atom. The van der Waals surface area contributed by atoms with E-state index in [1.165, 1.54) is 6.42 Å². The molecule has 1 atom stereocenters. The molecule has 8 heteroatoms. The third-order valence-electron chi connectivity index (χ3n) is 4.45. The zero-order chi connectivity index (χ0) is 18.1. The first-order valence-corrected chi connectivity index (χ1v) is 10.0. The van der Waals surface area contributed by atoms with Gasteiger partial charge in [0.15, 0.2) is 5.96 Å². The van der Waals surface area contributed by atoms with E-state index in [0.29, 0.717) is 12.5 Å². The van der Waals surface area contributed by atoms with Gasteiger partial charge in [0, 0.05) is 25.6 Å². The molecule has 1 saturated carbocycles. The minimum Gasteiger partial charge on any atom is -0.383 e. The maximum absolute atomic E-state index is 11.8. The molecule has 0 spiro atoms. The van der Waals surface area contributed by atoms with Gasteiger partial charge in [0.05, 0.1) is 6.54 Å². The molecule has 1 unspecified atom stereocenters. The van der Waals surface area contributed by atoms with Gasteiger partial charge in [-0.25, -0.2) is 4.99 Å². The van der Waals surface area contributed by atoms with Crippen molar-refractivity contribution in [2.24, 2.45) is 10.9 Å². The molecule has 0 saturated heterocycles. The second kappa shape index (κ2) is 11.8. The second-order valence-corrected chi connectivity index (χ2v) is 7.46. The molecule has 0 bridgehead atoms. The number of carbonyl (C=O) groups is 1. The monoisotopic (exact) mass is 494 g/mol. The van der Waals surface area contributed by atoms with E-state index in [0.717, 1.165) is 37.9 Å². The third-order valence-corrected chi connectivity index (χ3v) is 5.14. The predicted octanol–water partition coefficient (Wildman–Crippen LogP) is 2.44. The molecule has 1 heterocycles. The zero-order valence-electron chi connectivity index (χ0n) is 15.6. The molecule has 0 aliphatic heterocycles. The predicted molar refractivity (Wildman–Crippen MR) is 118 cm³/mol. The van der Waals surface area contributed by atoms with E-state index in [1.807, 2.05) is 23.8 Å². The first-order chi connectivity index (χ1) is 12.0. The Morgan fingerprint density at radius 2 is 2.08 bits per heavy atom. The van der Waals surface area contributed by atoms with Crippen molar-refractivity contribution in [1.82, 2.24) is 16.0 Å². The van der Waals surface area contributed by atoms with E-state index in [4.69, 9.17) is 0 Å². The lowest BCUT2D eigenvalue weighted by Crippen LogP contribution is -2.40. The molecule has 0 radical (unpaired) electrons. The summed E-state index contributed by atoms with van der Waals surface area (Å²) in [5, 5.41) is 23.9. The summed E-state index contributed by atoms with van der Waals surface area (Å²) in [6.07, 6.45) is 4.08. The number of halogens is 1. The lowest BCUT2D eigenvalue weighted by molar-refractivity contribution is -0.127. The van der Waals surface area contributed by atoms with Crippen LogP contribution in [0, 0.1) is 5.92 Å². The van der Waals surface area contributed by atoms with Gasteiger partial charge in [-0.1, -0.05) is 6.42 Å². The van der Waals surface area contributed by atoms with Crippen molar-refractivity contribution in [1.29, 1.82) is 0 Å². The number of hydrogen-bond donors (Lipinski definition) is 4. The van der Waals surface area contributed by atoms with Crippen LogP contribution in [0.4, 0.5) is 0 Å². The lowest BCUT2D eigenvalue weighted by Gasteiger charge is -2.24. The minimum atomic E-state index is -0.973. The largest absolute Gasteiger partial charge is 0.383 e. The standard InChI is InChI=1S/C18H30N4O2S.HI/c1-3-19-17(22-13-18(2,24)15-8-11-25-12-15)21-10-5-9-20-16(23)14-6-4-7-14;/h8,11-12,14,24H,3-7,9-10,13H2,1-2H3,(H,20,23)(H2,19,21,22);1H. The fourth-order valence-corrected chi connectivity index (χ4v) is 3.34. The van der Waals surface area contributed by atoms with E-state index in [1.54, 1.807) is 18.3 Å². The second-order valence-electron chi connectivity index (χ2n) is 6.68. The van der Waals surface area contributed by atoms with Crippen LogP contribution >= 0.6 is 35.3 Å². The number of thiophene rings is 1. The maximum Gasteiger partial charge on any atom is 0.223 e. The molecule has 2 rings (SSSR count). The van der Waals surface area contributed by atoms with Crippen molar-refractivity contribution < 1.29 is 9.90 Å². The normalized spacial score (nSPS) is 16.8. The van der Waals surface area contributed by atoms with Crippen molar-refractivity contribution in [2.75, 3.05) is 26.2 Å². The summed E-state index contributed by atoms with van der Waals surface area (Å²) >= 11 is 1.57. The van der Waals surface area contributed by atoms with Gasteiger partial charge < -0.3 is 21.1 Å². The summed E-state index contributed by atoms with van der Waals surface area (Å²) in [4.78, 5) is 16.2. The Labute approximate surface area is 177 Å². The quantitative estimate of drug-likeness (QED) is 0.184. The van der Waals surface area contributed by atoms with Crippen LogP contribution in [-0.2, 0) is 10.4 Å². The van der Waals surface area contributed by atoms with Crippen LogP contribution in [0.25, 0.3) is 0 Å². The topological polar surface area (TPSA) is 85.8 Å². The molecular weight excluding hydrogens is 463 g/mol. The van der Waals surface area contributed by atoms with Crippen LogP contribution in [0.2, 0.25) is 0 Å². The molecule has 0 aromatic carbocycles. The number of rotatable bonds is 9. The summed E-state index contributed by atoms with van der Waals surface area (Å²) in [5.74, 6) is 1.12. The maximum atomic E-state index is 11.8. The highest BCUT2D eigenvalue weighted by molar-refractivity contribution is 14.0. The molecule has 6 nitrogen and oxygen atoms in total. The first kappa shape index (κ1) is 23.2. The van der Waals surface area contributed by atoms with Gasteiger partial charge in [-0.3, -0.25) is 4.79 Å². The number of aliphatic hydroxyl groups is 1.